The Hall–Kier alpha value is -2.59. The van der Waals surface area contributed by atoms with E-state index in [0.29, 0.717) is 28.7 Å². The molecular formula is C22H20BrN3O3S2. The molecule has 1 amide bonds. The summed E-state index contributed by atoms with van der Waals surface area (Å²) in [7, 11) is -3.62. The molecule has 6 nitrogen and oxygen atoms in total. The quantitative estimate of drug-likeness (QED) is 0.410. The van der Waals surface area contributed by atoms with Gasteiger partial charge < -0.3 is 5.32 Å². The summed E-state index contributed by atoms with van der Waals surface area (Å²) in [5.41, 5.74) is 2.07. The molecule has 0 aromatic heterocycles. The number of thiocarbonyl (C=S) groups is 1. The van der Waals surface area contributed by atoms with E-state index in [1.165, 1.54) is 12.1 Å². The third kappa shape index (κ3) is 6.70. The van der Waals surface area contributed by atoms with E-state index in [4.69, 9.17) is 12.2 Å². The van der Waals surface area contributed by atoms with Crippen LogP contribution in [0.3, 0.4) is 0 Å². The molecule has 0 spiro atoms. The topological polar surface area (TPSA) is 87.3 Å². The van der Waals surface area contributed by atoms with Crippen molar-refractivity contribution in [1.82, 2.24) is 10.0 Å². The predicted octanol–water partition coefficient (Wildman–Crippen LogP) is 4.10. The van der Waals surface area contributed by atoms with E-state index in [0.717, 1.165) is 5.56 Å². The lowest BCUT2D eigenvalue weighted by Gasteiger charge is -2.11. The molecule has 0 unspecified atom stereocenters. The van der Waals surface area contributed by atoms with E-state index < -0.39 is 10.0 Å². The molecule has 3 aromatic carbocycles. The monoisotopic (exact) mass is 517 g/mol. The molecule has 0 radical (unpaired) electrons. The highest BCUT2D eigenvalue weighted by atomic mass is 79.9. The number of benzene rings is 3. The van der Waals surface area contributed by atoms with E-state index in [1.807, 2.05) is 36.4 Å². The summed E-state index contributed by atoms with van der Waals surface area (Å²) in [4.78, 5) is 12.4. The third-order valence-electron chi connectivity index (χ3n) is 4.32. The van der Waals surface area contributed by atoms with Crippen molar-refractivity contribution in [2.75, 3.05) is 11.9 Å². The van der Waals surface area contributed by atoms with Gasteiger partial charge >= 0.3 is 0 Å². The average molecular weight is 518 g/mol. The number of carbonyl (C=O) groups excluding carboxylic acids is 1. The van der Waals surface area contributed by atoms with Crippen LogP contribution in [0.4, 0.5) is 5.69 Å². The lowest BCUT2D eigenvalue weighted by molar-refractivity contribution is 0.0977. The summed E-state index contributed by atoms with van der Waals surface area (Å²) < 4.78 is 28.2. The summed E-state index contributed by atoms with van der Waals surface area (Å²) >= 11 is 8.50. The number of rotatable bonds is 7. The SMILES string of the molecule is O=C(NC(=S)Nc1ccc(S(=O)(=O)NCCc2ccccc2)cc1)c1ccccc1Br. The number of nitrogens with one attached hydrogen (secondary N) is 3. The van der Waals surface area contributed by atoms with Crippen LogP contribution in [0, 0.1) is 0 Å². The van der Waals surface area contributed by atoms with E-state index in [9.17, 15) is 13.2 Å². The van der Waals surface area contributed by atoms with Crippen LogP contribution in [0.25, 0.3) is 0 Å². The van der Waals surface area contributed by atoms with E-state index in [2.05, 4.69) is 31.3 Å². The zero-order valence-electron chi connectivity index (χ0n) is 16.3. The van der Waals surface area contributed by atoms with Crippen LogP contribution in [-0.2, 0) is 16.4 Å². The lowest BCUT2D eigenvalue weighted by Crippen LogP contribution is -2.34. The summed E-state index contributed by atoms with van der Waals surface area (Å²) in [5, 5.41) is 5.58. The van der Waals surface area contributed by atoms with Gasteiger partial charge in [0.1, 0.15) is 0 Å². The Balaban J connectivity index is 1.54. The normalized spacial score (nSPS) is 11.0. The number of halogens is 1. The van der Waals surface area contributed by atoms with Gasteiger partial charge in [0, 0.05) is 16.7 Å². The van der Waals surface area contributed by atoms with Gasteiger partial charge in [0.2, 0.25) is 10.0 Å². The number of amides is 1. The predicted molar refractivity (Wildman–Crippen MR) is 130 cm³/mol. The molecule has 0 fully saturated rings. The van der Waals surface area contributed by atoms with Gasteiger partial charge in [-0.15, -0.1) is 0 Å². The van der Waals surface area contributed by atoms with Crippen LogP contribution in [-0.4, -0.2) is 26.0 Å². The third-order valence-corrected chi connectivity index (χ3v) is 6.69. The molecule has 3 aromatic rings. The molecule has 0 aliphatic rings. The molecule has 0 aliphatic heterocycles. The minimum atomic E-state index is -3.62. The Labute approximate surface area is 195 Å². The molecule has 3 rings (SSSR count). The smallest absolute Gasteiger partial charge is 0.258 e. The second-order valence-corrected chi connectivity index (χ2v) is 9.58. The highest BCUT2D eigenvalue weighted by Gasteiger charge is 2.14. The maximum absolute atomic E-state index is 12.5. The van der Waals surface area contributed by atoms with Crippen molar-refractivity contribution in [3.05, 3.63) is 94.5 Å². The van der Waals surface area contributed by atoms with Gasteiger partial charge in [0.25, 0.3) is 5.91 Å². The first kappa shape index (κ1) is 23.1. The van der Waals surface area contributed by atoms with E-state index in [1.54, 1.807) is 30.3 Å². The maximum atomic E-state index is 12.5. The van der Waals surface area contributed by atoms with E-state index in [-0.39, 0.29) is 15.9 Å². The van der Waals surface area contributed by atoms with Crippen molar-refractivity contribution < 1.29 is 13.2 Å². The van der Waals surface area contributed by atoms with Crippen LogP contribution >= 0.6 is 28.1 Å². The van der Waals surface area contributed by atoms with Gasteiger partial charge in [0.15, 0.2) is 5.11 Å². The van der Waals surface area contributed by atoms with Crippen LogP contribution in [0.5, 0.6) is 0 Å². The Morgan fingerprint density at radius 3 is 2.23 bits per heavy atom. The van der Waals surface area contributed by atoms with Crippen molar-refractivity contribution in [2.24, 2.45) is 0 Å². The second kappa shape index (κ2) is 10.6. The summed E-state index contributed by atoms with van der Waals surface area (Å²) in [6, 6.07) is 22.8. The van der Waals surface area contributed by atoms with Gasteiger partial charge in [-0.3, -0.25) is 10.1 Å². The number of sulfonamides is 1. The fourth-order valence-electron chi connectivity index (χ4n) is 2.75. The van der Waals surface area contributed by atoms with Gasteiger partial charge in [-0.1, -0.05) is 42.5 Å². The van der Waals surface area contributed by atoms with Crippen molar-refractivity contribution >= 4 is 54.9 Å². The van der Waals surface area contributed by atoms with Crippen LogP contribution in [0.15, 0.2) is 88.2 Å². The van der Waals surface area contributed by atoms with Gasteiger partial charge in [-0.25, -0.2) is 13.1 Å². The zero-order valence-corrected chi connectivity index (χ0v) is 19.6. The molecule has 0 heterocycles. The van der Waals surface area contributed by atoms with Gasteiger partial charge in [0.05, 0.1) is 10.5 Å². The van der Waals surface area contributed by atoms with Crippen molar-refractivity contribution in [1.29, 1.82) is 0 Å². The molecule has 9 heteroatoms. The number of anilines is 1. The minimum Gasteiger partial charge on any atom is -0.332 e. The van der Waals surface area contributed by atoms with Crippen molar-refractivity contribution in [2.45, 2.75) is 11.3 Å². The molecule has 0 saturated heterocycles. The fourth-order valence-corrected chi connectivity index (χ4v) is 4.46. The van der Waals surface area contributed by atoms with E-state index >= 15 is 0 Å². The molecule has 31 heavy (non-hydrogen) atoms. The van der Waals surface area contributed by atoms with Gasteiger partial charge in [-0.05, 0) is 76.5 Å². The number of hydrogen-bond donors (Lipinski definition) is 3. The first-order valence-corrected chi connectivity index (χ1v) is 12.0. The molecule has 0 saturated carbocycles. The molecule has 160 valence electrons. The van der Waals surface area contributed by atoms with Crippen molar-refractivity contribution in [3.8, 4) is 0 Å². The Morgan fingerprint density at radius 2 is 1.55 bits per heavy atom. The second-order valence-electron chi connectivity index (χ2n) is 6.55. The first-order chi connectivity index (χ1) is 14.8. The molecule has 0 bridgehead atoms. The molecule has 0 aliphatic carbocycles. The zero-order chi connectivity index (χ0) is 22.3. The summed E-state index contributed by atoms with van der Waals surface area (Å²) in [5.74, 6) is -0.355. The average Bonchev–Trinajstić information content (AvgIpc) is 2.75. The largest absolute Gasteiger partial charge is 0.332 e. The highest BCUT2D eigenvalue weighted by molar-refractivity contribution is 9.10. The number of hydrogen-bond acceptors (Lipinski definition) is 4. The van der Waals surface area contributed by atoms with Crippen LogP contribution < -0.4 is 15.4 Å². The number of carbonyl (C=O) groups is 1. The lowest BCUT2D eigenvalue weighted by atomic mass is 10.2. The fraction of sp³-hybridized carbons (Fsp3) is 0.0909. The van der Waals surface area contributed by atoms with Crippen molar-refractivity contribution in [3.63, 3.8) is 0 Å². The summed E-state index contributed by atoms with van der Waals surface area (Å²) in [6.45, 7) is 0.303. The molecule has 3 N–H and O–H groups in total. The molecule has 0 atom stereocenters. The standard InChI is InChI=1S/C22H20BrN3O3S2/c23-20-9-5-4-8-19(20)21(27)26-22(30)25-17-10-12-18(13-11-17)31(28,29)24-15-14-16-6-2-1-3-7-16/h1-13,24H,14-15H2,(H2,25,26,27,30). The Morgan fingerprint density at radius 1 is 0.903 bits per heavy atom. The first-order valence-electron chi connectivity index (χ1n) is 9.36. The minimum absolute atomic E-state index is 0.109. The summed E-state index contributed by atoms with van der Waals surface area (Å²) in [6.07, 6.45) is 0.602. The van der Waals surface area contributed by atoms with Crippen LogP contribution in [0.2, 0.25) is 0 Å². The molecular weight excluding hydrogens is 498 g/mol. The Kier molecular flexibility index (Phi) is 7.91. The maximum Gasteiger partial charge on any atom is 0.258 e. The Bertz CT molecular complexity index is 1170. The highest BCUT2D eigenvalue weighted by Crippen LogP contribution is 2.16. The van der Waals surface area contributed by atoms with Crippen LogP contribution in [0.1, 0.15) is 15.9 Å². The van der Waals surface area contributed by atoms with Gasteiger partial charge in [-0.2, -0.15) is 0 Å².